The molecule has 0 spiro atoms. The van der Waals surface area contributed by atoms with Crippen molar-refractivity contribution >= 4 is 0 Å². The van der Waals surface area contributed by atoms with Crippen molar-refractivity contribution < 1.29 is 0 Å². The standard InChI is InChI=1S/C5H9N/c1-6-5-3-2-4-5/h1,5-6H,2-4H2. The van der Waals surface area contributed by atoms with Crippen LogP contribution in [0.5, 0.6) is 0 Å². The lowest BCUT2D eigenvalue weighted by Gasteiger charge is -2.23. The molecule has 1 saturated carbocycles. The maximum absolute atomic E-state index is 5.08. The monoisotopic (exact) mass is 83.1 g/mol. The molecule has 34 valence electrons. The molecule has 0 unspecified atom stereocenters. The van der Waals surface area contributed by atoms with Crippen LogP contribution in [-0.2, 0) is 0 Å². The van der Waals surface area contributed by atoms with E-state index in [0.717, 1.165) is 0 Å². The van der Waals surface area contributed by atoms with Gasteiger partial charge in [-0.05, 0) is 12.8 Å². The number of rotatable bonds is 1. The van der Waals surface area contributed by atoms with Crippen LogP contribution >= 0.6 is 0 Å². The molecule has 0 aromatic rings. The third kappa shape index (κ3) is 0.548. The fraction of sp³-hybridized carbons (Fsp3) is 0.800. The van der Waals surface area contributed by atoms with Crippen molar-refractivity contribution in [1.82, 2.24) is 5.32 Å². The Morgan fingerprint density at radius 2 is 2.17 bits per heavy atom. The van der Waals surface area contributed by atoms with Gasteiger partial charge in [0.05, 0.1) is 0 Å². The van der Waals surface area contributed by atoms with Crippen molar-refractivity contribution in [2.45, 2.75) is 25.3 Å². The molecule has 6 heavy (non-hydrogen) atoms. The van der Waals surface area contributed by atoms with Gasteiger partial charge in [0, 0.05) is 13.1 Å². The summed E-state index contributed by atoms with van der Waals surface area (Å²) < 4.78 is 0. The van der Waals surface area contributed by atoms with Gasteiger partial charge in [-0.15, -0.1) is 0 Å². The van der Waals surface area contributed by atoms with E-state index in [9.17, 15) is 0 Å². The molecule has 0 heterocycles. The van der Waals surface area contributed by atoms with Crippen LogP contribution in [0, 0.1) is 7.05 Å². The first-order chi connectivity index (χ1) is 2.93. The summed E-state index contributed by atoms with van der Waals surface area (Å²) in [5, 5.41) is 2.70. The van der Waals surface area contributed by atoms with E-state index in [1.165, 1.54) is 19.3 Å². The second-order valence-electron chi connectivity index (χ2n) is 1.79. The molecule has 0 aromatic carbocycles. The van der Waals surface area contributed by atoms with E-state index in [4.69, 9.17) is 7.05 Å². The number of hydrogen-bond acceptors (Lipinski definition) is 1. The fourth-order valence-corrected chi connectivity index (χ4v) is 0.575. The van der Waals surface area contributed by atoms with Gasteiger partial charge in [0.25, 0.3) is 0 Å². The maximum atomic E-state index is 5.08. The molecule has 1 nitrogen and oxygen atoms in total. The van der Waals surface area contributed by atoms with Crippen molar-refractivity contribution in [3.63, 3.8) is 0 Å². The summed E-state index contributed by atoms with van der Waals surface area (Å²) in [5.41, 5.74) is 0. The summed E-state index contributed by atoms with van der Waals surface area (Å²) in [6.45, 7) is 0. The van der Waals surface area contributed by atoms with E-state index >= 15 is 0 Å². The summed E-state index contributed by atoms with van der Waals surface area (Å²) in [6, 6.07) is 0.644. The summed E-state index contributed by atoms with van der Waals surface area (Å²) in [5.74, 6) is 0. The number of hydrogen-bond donors (Lipinski definition) is 1. The van der Waals surface area contributed by atoms with E-state index < -0.39 is 0 Å². The van der Waals surface area contributed by atoms with Crippen LogP contribution in [0.2, 0.25) is 0 Å². The molecule has 0 bridgehead atoms. The molecule has 1 fully saturated rings. The molecular formula is C5H9N. The highest BCUT2D eigenvalue weighted by molar-refractivity contribution is 4.74. The van der Waals surface area contributed by atoms with Crippen molar-refractivity contribution in [3.05, 3.63) is 7.05 Å². The highest BCUT2D eigenvalue weighted by Gasteiger charge is 2.13. The third-order valence-corrected chi connectivity index (χ3v) is 1.34. The van der Waals surface area contributed by atoms with Crippen LogP contribution < -0.4 is 5.32 Å². The van der Waals surface area contributed by atoms with Crippen molar-refractivity contribution in [1.29, 1.82) is 0 Å². The third-order valence-electron chi connectivity index (χ3n) is 1.34. The quantitative estimate of drug-likeness (QED) is 0.462. The Balaban J connectivity index is 2.01. The Kier molecular flexibility index (Phi) is 1.10. The highest BCUT2D eigenvalue weighted by Crippen LogP contribution is 2.16. The van der Waals surface area contributed by atoms with Crippen LogP contribution in [0.15, 0.2) is 0 Å². The lowest BCUT2D eigenvalue weighted by Crippen LogP contribution is -2.30. The minimum Gasteiger partial charge on any atom is -0.308 e. The first kappa shape index (κ1) is 4.13. The average molecular weight is 83.1 g/mol. The number of nitrogens with one attached hydrogen (secondary N) is 1. The van der Waals surface area contributed by atoms with Crippen LogP contribution in [0.4, 0.5) is 0 Å². The van der Waals surface area contributed by atoms with Crippen molar-refractivity contribution in [3.8, 4) is 0 Å². The average Bonchev–Trinajstić information content (AvgIpc) is 1.31. The highest BCUT2D eigenvalue weighted by atomic mass is 14.9. The molecule has 0 atom stereocenters. The molecule has 0 aromatic heterocycles. The van der Waals surface area contributed by atoms with Crippen LogP contribution in [0.25, 0.3) is 0 Å². The van der Waals surface area contributed by atoms with Gasteiger partial charge >= 0.3 is 0 Å². The van der Waals surface area contributed by atoms with Crippen molar-refractivity contribution in [2.75, 3.05) is 0 Å². The van der Waals surface area contributed by atoms with Gasteiger partial charge < -0.3 is 5.32 Å². The molecule has 0 aliphatic heterocycles. The smallest absolute Gasteiger partial charge is 0.0409 e. The van der Waals surface area contributed by atoms with Crippen LogP contribution in [-0.4, -0.2) is 6.04 Å². The lowest BCUT2D eigenvalue weighted by molar-refractivity contribution is 0.371. The van der Waals surface area contributed by atoms with Gasteiger partial charge in [0.15, 0.2) is 0 Å². The first-order valence-corrected chi connectivity index (χ1v) is 2.39. The Morgan fingerprint density at radius 1 is 1.50 bits per heavy atom. The van der Waals surface area contributed by atoms with Gasteiger partial charge in [-0.25, -0.2) is 0 Å². The zero-order valence-electron chi connectivity index (χ0n) is 3.78. The zero-order chi connectivity index (χ0) is 4.41. The summed E-state index contributed by atoms with van der Waals surface area (Å²) in [6.07, 6.45) is 3.90. The molecule has 2 radical (unpaired) electrons. The first-order valence-electron chi connectivity index (χ1n) is 2.39. The summed E-state index contributed by atoms with van der Waals surface area (Å²) >= 11 is 0. The van der Waals surface area contributed by atoms with Crippen molar-refractivity contribution in [2.24, 2.45) is 0 Å². The predicted molar refractivity (Wildman–Crippen MR) is 25.1 cm³/mol. The van der Waals surface area contributed by atoms with E-state index in [0.29, 0.717) is 6.04 Å². The molecule has 1 N–H and O–H groups in total. The molecule has 1 aliphatic carbocycles. The minimum absolute atomic E-state index is 0.644. The molecule has 0 amide bonds. The van der Waals surface area contributed by atoms with Gasteiger partial charge in [-0.3, -0.25) is 0 Å². The topological polar surface area (TPSA) is 12.0 Å². The molecular weight excluding hydrogens is 74.1 g/mol. The summed E-state index contributed by atoms with van der Waals surface area (Å²) in [7, 11) is 5.08. The van der Waals surface area contributed by atoms with E-state index in [2.05, 4.69) is 5.32 Å². The Bertz CT molecular complexity index is 36.4. The van der Waals surface area contributed by atoms with E-state index in [-0.39, 0.29) is 0 Å². The fourth-order valence-electron chi connectivity index (χ4n) is 0.575. The lowest BCUT2D eigenvalue weighted by atomic mass is 9.94. The maximum Gasteiger partial charge on any atom is 0.0409 e. The molecule has 1 heteroatoms. The van der Waals surface area contributed by atoms with Gasteiger partial charge in [0.2, 0.25) is 0 Å². The molecule has 1 rings (SSSR count). The van der Waals surface area contributed by atoms with E-state index in [1.54, 1.807) is 0 Å². The van der Waals surface area contributed by atoms with Crippen LogP contribution in [0.3, 0.4) is 0 Å². The Labute approximate surface area is 38.7 Å². The van der Waals surface area contributed by atoms with Gasteiger partial charge in [-0.1, -0.05) is 6.42 Å². The van der Waals surface area contributed by atoms with Gasteiger partial charge in [0.1, 0.15) is 0 Å². The summed E-state index contributed by atoms with van der Waals surface area (Å²) in [4.78, 5) is 0. The second-order valence-corrected chi connectivity index (χ2v) is 1.79. The Hall–Kier alpha value is -0.0400. The SMILES string of the molecule is [CH]NC1CCC1. The largest absolute Gasteiger partial charge is 0.308 e. The molecule has 0 saturated heterocycles. The second kappa shape index (κ2) is 1.61. The predicted octanol–water partition coefficient (Wildman–Crippen LogP) is 0.797. The van der Waals surface area contributed by atoms with Crippen LogP contribution in [0.1, 0.15) is 19.3 Å². The van der Waals surface area contributed by atoms with Gasteiger partial charge in [-0.2, -0.15) is 0 Å². The minimum atomic E-state index is 0.644. The Morgan fingerprint density at radius 3 is 2.17 bits per heavy atom. The zero-order valence-corrected chi connectivity index (χ0v) is 3.78. The normalized spacial score (nSPS) is 23.5. The molecule has 1 aliphatic rings. The van der Waals surface area contributed by atoms with E-state index in [1.807, 2.05) is 0 Å².